The maximum absolute atomic E-state index is 13.8. The van der Waals surface area contributed by atoms with Crippen LogP contribution >= 0.6 is 0 Å². The van der Waals surface area contributed by atoms with Crippen molar-refractivity contribution in [3.8, 4) is 0 Å². The maximum Gasteiger partial charge on any atom is 0.323 e. The van der Waals surface area contributed by atoms with Crippen LogP contribution in [-0.4, -0.2) is 118 Å². The lowest BCUT2D eigenvalue weighted by atomic mass is 10.1. The van der Waals surface area contributed by atoms with Crippen LogP contribution in [0.3, 0.4) is 0 Å². The third-order valence-electron chi connectivity index (χ3n) is 11.8. The number of carbonyl (C=O) groups is 1. The van der Waals surface area contributed by atoms with Gasteiger partial charge in [-0.05, 0) is 132 Å². The number of amides is 2. The molecule has 468 valence electrons. The molecule has 0 saturated heterocycles. The Morgan fingerprint density at radius 3 is 0.795 bits per heavy atom. The summed E-state index contributed by atoms with van der Waals surface area (Å²) in [5.41, 5.74) is -3.36. The fraction of sp³-hybridized carbons (Fsp3) is 0. The fourth-order valence-electron chi connectivity index (χ4n) is 8.07. The van der Waals surface area contributed by atoms with Gasteiger partial charge in [0.1, 0.15) is 9.79 Å². The molecule has 8 aromatic rings. The summed E-state index contributed by atoms with van der Waals surface area (Å²) < 4.78 is 323. The molecule has 0 heterocycles. The third kappa shape index (κ3) is 14.9. The molecule has 0 aliphatic carbocycles. The van der Waals surface area contributed by atoms with Crippen molar-refractivity contribution >= 4 is 163 Å². The standard InChI is InChI=1S/C45H36N6O27S10/c52-45(46-27-5-1-9-31(17-27)79(53,54)48-29-7-3-11-33(19-29)81(57,58)50-39-21-35(83(61,62)63)13-25-15-37(85(67,68)69)23-41(43(25)39)87(73,74)75)47-28-6-2-10-32(18-28)80(55,56)49-30-8-4-12-34(20-30)82(59,60)51-40-22-36(84(64,65)66)14-26-16-38(86(70,71)72)24-42(44(26)40)88(76,77)78/h1-24,48-51H,(H2,46,47,52)(H,61,62,63)(H,64,65,66)(H,67,68,69)(H,70,71,72)(H,73,74,75)(H,76,77,78). The summed E-state index contributed by atoms with van der Waals surface area (Å²) in [7, 11) is -51.8. The quantitative estimate of drug-likeness (QED) is 0.0473. The van der Waals surface area contributed by atoms with Crippen molar-refractivity contribution in [1.29, 1.82) is 0 Å². The average Bonchev–Trinajstić information content (AvgIpc) is 0.768. The number of rotatable bonds is 20. The molecule has 0 radical (unpaired) electrons. The largest absolute Gasteiger partial charge is 0.323 e. The highest BCUT2D eigenvalue weighted by molar-refractivity contribution is 7.94. The van der Waals surface area contributed by atoms with E-state index in [2.05, 4.69) is 20.1 Å². The van der Waals surface area contributed by atoms with Crippen molar-refractivity contribution in [2.45, 2.75) is 49.0 Å². The highest BCUT2D eigenvalue weighted by atomic mass is 32.3. The molecule has 0 saturated carbocycles. The number of benzene rings is 8. The monoisotopic (exact) mass is 1410 g/mol. The predicted molar refractivity (Wildman–Crippen MR) is 308 cm³/mol. The molecule has 0 spiro atoms. The Bertz CT molecular complexity index is 5190. The predicted octanol–water partition coefficient (Wildman–Crippen LogP) is 4.32. The van der Waals surface area contributed by atoms with Crippen LogP contribution in [0.4, 0.5) is 38.9 Å². The van der Waals surface area contributed by atoms with E-state index in [4.69, 9.17) is 0 Å². The summed E-state index contributed by atoms with van der Waals surface area (Å²) in [6, 6.07) is 18.1. The van der Waals surface area contributed by atoms with Gasteiger partial charge in [0.25, 0.3) is 101 Å². The molecule has 2 amide bonds. The van der Waals surface area contributed by atoms with Crippen LogP contribution in [0.5, 0.6) is 0 Å². The minimum absolute atomic E-state index is 0.215. The second-order valence-corrected chi connectivity index (χ2v) is 33.1. The van der Waals surface area contributed by atoms with E-state index in [1.165, 1.54) is 12.1 Å². The van der Waals surface area contributed by atoms with E-state index in [9.17, 15) is 116 Å². The molecule has 88 heavy (non-hydrogen) atoms. The number of fused-ring (bicyclic) bond motifs is 2. The highest BCUT2D eigenvalue weighted by Gasteiger charge is 2.30. The molecule has 0 bridgehead atoms. The first-order valence-electron chi connectivity index (χ1n) is 22.9. The number of hydrogen-bond donors (Lipinski definition) is 12. The number of anilines is 6. The van der Waals surface area contributed by atoms with E-state index in [0.717, 1.165) is 84.9 Å². The number of hydrogen-bond acceptors (Lipinski definition) is 21. The van der Waals surface area contributed by atoms with E-state index in [1.807, 2.05) is 9.44 Å². The summed E-state index contributed by atoms with van der Waals surface area (Å²) in [5, 5.41) is 1.39. The van der Waals surface area contributed by atoms with E-state index in [0.29, 0.717) is 36.4 Å². The molecule has 12 N–H and O–H groups in total. The molecular formula is C45H36N6O27S10. The molecular weight excluding hydrogens is 1380 g/mol. The van der Waals surface area contributed by atoms with Crippen molar-refractivity contribution in [2.75, 3.05) is 29.5 Å². The number of carbonyl (C=O) groups excluding carboxylic acids is 1. The Kier molecular flexibility index (Phi) is 17.1. The smallest absolute Gasteiger partial charge is 0.308 e. The Balaban J connectivity index is 0.979. The molecule has 0 aromatic heterocycles. The van der Waals surface area contributed by atoms with E-state index in [1.54, 1.807) is 0 Å². The molecule has 0 aliphatic rings. The molecule has 0 fully saturated rings. The van der Waals surface area contributed by atoms with Crippen LogP contribution in [0.15, 0.2) is 195 Å². The van der Waals surface area contributed by atoms with Crippen LogP contribution in [0.1, 0.15) is 0 Å². The molecule has 0 unspecified atom stereocenters. The van der Waals surface area contributed by atoms with Crippen molar-refractivity contribution in [2.24, 2.45) is 0 Å². The van der Waals surface area contributed by atoms with Gasteiger partial charge in [0.05, 0.1) is 61.9 Å². The van der Waals surface area contributed by atoms with Crippen molar-refractivity contribution < 1.29 is 116 Å². The van der Waals surface area contributed by atoms with Crippen LogP contribution in [0, 0.1) is 0 Å². The zero-order valence-electron chi connectivity index (χ0n) is 42.7. The van der Waals surface area contributed by atoms with Gasteiger partial charge in [-0.3, -0.25) is 46.2 Å². The first-order chi connectivity index (χ1) is 40.2. The Hall–Kier alpha value is -7.99. The van der Waals surface area contributed by atoms with Crippen molar-refractivity contribution in [3.63, 3.8) is 0 Å². The number of sulfonamides is 4. The van der Waals surface area contributed by atoms with Gasteiger partial charge < -0.3 is 10.6 Å². The lowest BCUT2D eigenvalue weighted by molar-refractivity contribution is 0.262. The SMILES string of the molecule is O=C(Nc1cccc(S(=O)(=O)Nc2cccc(S(=O)(=O)Nc3cc(S(=O)(=O)O)cc4cc(S(=O)(=O)O)cc(S(=O)(=O)O)c34)c2)c1)Nc1cccc(S(=O)(=O)Nc2cccc(S(=O)(=O)Nc3cc(S(=O)(=O)O)cc4cc(S(=O)(=O)O)cc(S(=O)(=O)O)c34)c2)c1. The van der Waals surface area contributed by atoms with Gasteiger partial charge in [0, 0.05) is 22.1 Å². The maximum atomic E-state index is 13.8. The molecule has 33 nitrogen and oxygen atoms in total. The van der Waals surface area contributed by atoms with E-state index >= 15 is 0 Å². The molecule has 43 heteroatoms. The van der Waals surface area contributed by atoms with Crippen LogP contribution in [-0.2, 0) is 101 Å². The minimum Gasteiger partial charge on any atom is -0.308 e. The first kappa shape index (κ1) is 66.0. The van der Waals surface area contributed by atoms with Gasteiger partial charge in [-0.1, -0.05) is 24.3 Å². The van der Waals surface area contributed by atoms with E-state index in [-0.39, 0.29) is 23.5 Å². The Labute approximate surface area is 499 Å². The zero-order chi connectivity index (χ0) is 65.3. The Morgan fingerprint density at radius 2 is 0.523 bits per heavy atom. The van der Waals surface area contributed by atoms with Crippen LogP contribution in [0.25, 0.3) is 21.5 Å². The second-order valence-electron chi connectivity index (χ2n) is 17.9. The van der Waals surface area contributed by atoms with E-state index < -0.39 is 200 Å². The number of nitrogens with one attached hydrogen (secondary N) is 6. The topological polar surface area (TPSA) is 552 Å². The zero-order valence-corrected chi connectivity index (χ0v) is 50.9. The average molecular weight is 1410 g/mol. The summed E-state index contributed by atoms with van der Waals surface area (Å²) in [4.78, 5) is 3.07. The summed E-state index contributed by atoms with van der Waals surface area (Å²) in [6.45, 7) is 0. The van der Waals surface area contributed by atoms with Gasteiger partial charge in [-0.25, -0.2) is 38.5 Å². The Morgan fingerprint density at radius 1 is 0.273 bits per heavy atom. The van der Waals surface area contributed by atoms with Gasteiger partial charge in [0.2, 0.25) is 0 Å². The van der Waals surface area contributed by atoms with Gasteiger partial charge in [-0.2, -0.15) is 50.5 Å². The molecule has 0 atom stereocenters. The number of urea groups is 1. The lowest BCUT2D eigenvalue weighted by Gasteiger charge is -2.16. The fourth-order valence-corrected chi connectivity index (χ4v) is 16.3. The van der Waals surface area contributed by atoms with Gasteiger partial charge in [0.15, 0.2) is 0 Å². The lowest BCUT2D eigenvalue weighted by Crippen LogP contribution is -2.20. The third-order valence-corrected chi connectivity index (χ3v) is 22.3. The van der Waals surface area contributed by atoms with Gasteiger partial charge >= 0.3 is 6.03 Å². The van der Waals surface area contributed by atoms with Crippen molar-refractivity contribution in [3.05, 3.63) is 146 Å². The normalized spacial score (nSPS) is 13.2. The minimum atomic E-state index is -5.52. The van der Waals surface area contributed by atoms with Crippen LogP contribution in [0.2, 0.25) is 0 Å². The summed E-state index contributed by atoms with van der Waals surface area (Å²) in [6.07, 6.45) is 0. The van der Waals surface area contributed by atoms with Gasteiger partial charge in [-0.15, -0.1) is 0 Å². The first-order valence-corrected chi connectivity index (χ1v) is 37.5. The summed E-state index contributed by atoms with van der Waals surface area (Å²) >= 11 is 0. The van der Waals surface area contributed by atoms with Crippen LogP contribution < -0.4 is 29.5 Å². The second kappa shape index (κ2) is 22.9. The summed E-state index contributed by atoms with van der Waals surface area (Å²) in [5.74, 6) is 0. The molecule has 8 rings (SSSR count). The molecule has 0 aliphatic heterocycles. The highest BCUT2D eigenvalue weighted by Crippen LogP contribution is 2.39. The van der Waals surface area contributed by atoms with Crippen molar-refractivity contribution in [1.82, 2.24) is 0 Å². The molecule has 8 aromatic carbocycles.